The van der Waals surface area contributed by atoms with Crippen molar-refractivity contribution in [3.63, 3.8) is 0 Å². The van der Waals surface area contributed by atoms with E-state index in [0.717, 1.165) is 11.4 Å². The Kier molecular flexibility index (Phi) is 4.85. The van der Waals surface area contributed by atoms with Crippen LogP contribution in [0.15, 0.2) is 48.0 Å². The van der Waals surface area contributed by atoms with Crippen LogP contribution in [-0.4, -0.2) is 30.3 Å². The molecule has 0 radical (unpaired) electrons. The number of aliphatic hydroxyl groups is 1. The number of benzene rings is 1. The fourth-order valence-electron chi connectivity index (χ4n) is 2.57. The van der Waals surface area contributed by atoms with E-state index >= 15 is 0 Å². The van der Waals surface area contributed by atoms with Gasteiger partial charge >= 0.3 is 0 Å². The van der Waals surface area contributed by atoms with Gasteiger partial charge in [0, 0.05) is 12.1 Å². The van der Waals surface area contributed by atoms with Gasteiger partial charge in [0.25, 0.3) is 0 Å². The molecule has 0 aliphatic carbocycles. The molecule has 21 heavy (non-hydrogen) atoms. The minimum atomic E-state index is -0.695. The molecule has 0 unspecified atom stereocenters. The molecule has 1 heterocycles. The molecule has 4 nitrogen and oxygen atoms in total. The molecule has 1 aliphatic heterocycles. The number of halogens is 1. The molecule has 0 spiro atoms. The third-order valence-corrected chi connectivity index (χ3v) is 3.94. The summed E-state index contributed by atoms with van der Waals surface area (Å²) in [5, 5.41) is 10.3. The summed E-state index contributed by atoms with van der Waals surface area (Å²) in [6, 6.07) is 6.86. The Morgan fingerprint density at radius 3 is 2.62 bits per heavy atom. The van der Waals surface area contributed by atoms with Crippen LogP contribution in [0.1, 0.15) is 6.42 Å². The predicted octanol–water partition coefficient (Wildman–Crippen LogP) is 2.87. The topological polar surface area (TPSA) is 49.8 Å². The third kappa shape index (κ3) is 3.04. The number of carbonyl (C=O) groups excluding carboxylic acids is 1. The number of anilines is 1. The molecular formula is C16H18BrNO3. The Hall–Kier alpha value is -1.59. The molecule has 0 saturated carbocycles. The van der Waals surface area contributed by atoms with Crippen molar-refractivity contribution in [2.75, 3.05) is 12.0 Å². The molecular weight excluding hydrogens is 334 g/mol. The van der Waals surface area contributed by atoms with Crippen LogP contribution in [-0.2, 0) is 4.79 Å². The van der Waals surface area contributed by atoms with Crippen molar-refractivity contribution in [3.8, 4) is 5.75 Å². The van der Waals surface area contributed by atoms with E-state index in [1.165, 1.54) is 0 Å². The zero-order chi connectivity index (χ0) is 15.6. The van der Waals surface area contributed by atoms with Crippen LogP contribution in [0.25, 0.3) is 0 Å². The molecule has 1 amide bonds. The van der Waals surface area contributed by atoms with Gasteiger partial charge in [0.2, 0.25) is 5.91 Å². The summed E-state index contributed by atoms with van der Waals surface area (Å²) in [6.07, 6.45) is 1.28. The molecule has 1 fully saturated rings. The highest BCUT2D eigenvalue weighted by molar-refractivity contribution is 9.11. The number of methoxy groups -OCH3 is 1. The van der Waals surface area contributed by atoms with Crippen LogP contribution in [0.3, 0.4) is 0 Å². The van der Waals surface area contributed by atoms with Crippen molar-refractivity contribution in [1.82, 2.24) is 0 Å². The van der Waals surface area contributed by atoms with Crippen molar-refractivity contribution in [2.45, 2.75) is 18.6 Å². The van der Waals surface area contributed by atoms with Gasteiger partial charge in [-0.15, -0.1) is 6.58 Å². The van der Waals surface area contributed by atoms with Gasteiger partial charge in [-0.3, -0.25) is 4.79 Å². The molecule has 1 aromatic carbocycles. The number of rotatable bonds is 6. The smallest absolute Gasteiger partial charge is 0.236 e. The lowest BCUT2D eigenvalue weighted by molar-refractivity contribution is -0.130. The summed E-state index contributed by atoms with van der Waals surface area (Å²) in [5.41, 5.74) is 0.739. The summed E-state index contributed by atoms with van der Waals surface area (Å²) in [6.45, 7) is 7.42. The van der Waals surface area contributed by atoms with Gasteiger partial charge in [-0.25, -0.2) is 0 Å². The third-order valence-electron chi connectivity index (χ3n) is 3.62. The van der Waals surface area contributed by atoms with Crippen LogP contribution >= 0.6 is 15.9 Å². The summed E-state index contributed by atoms with van der Waals surface area (Å²) in [5.74, 6) is 0.297. The standard InChI is InChI=1S/C16H18BrNO3/c1-4-13-15(14(19)9-10(2)17)18(16(13)20)11-5-7-12(21-3)8-6-11/h4-8,13-15,19H,1-2,9H2,3H3/t13-,14-,15-/m0/s1. The van der Waals surface area contributed by atoms with Gasteiger partial charge in [-0.2, -0.15) is 0 Å². The van der Waals surface area contributed by atoms with Crippen molar-refractivity contribution in [3.05, 3.63) is 48.0 Å². The van der Waals surface area contributed by atoms with Crippen molar-refractivity contribution in [2.24, 2.45) is 5.92 Å². The largest absolute Gasteiger partial charge is 0.497 e. The number of ether oxygens (including phenoxy) is 1. The Labute approximate surface area is 132 Å². The molecule has 2 rings (SSSR count). The van der Waals surface area contributed by atoms with Crippen molar-refractivity contribution >= 4 is 27.5 Å². The lowest BCUT2D eigenvalue weighted by Crippen LogP contribution is -2.65. The van der Waals surface area contributed by atoms with Gasteiger partial charge in [-0.05, 0) is 28.7 Å². The van der Waals surface area contributed by atoms with Gasteiger partial charge in [0.15, 0.2) is 0 Å². The summed E-state index contributed by atoms with van der Waals surface area (Å²) in [7, 11) is 1.59. The number of nitrogens with zero attached hydrogens (tertiary/aromatic N) is 1. The minimum Gasteiger partial charge on any atom is -0.497 e. The zero-order valence-corrected chi connectivity index (χ0v) is 13.4. The van der Waals surface area contributed by atoms with Crippen molar-refractivity contribution < 1.29 is 14.6 Å². The van der Waals surface area contributed by atoms with Crippen LogP contribution in [0.5, 0.6) is 5.75 Å². The zero-order valence-electron chi connectivity index (χ0n) is 11.8. The first-order valence-electron chi connectivity index (χ1n) is 6.60. The highest BCUT2D eigenvalue weighted by Gasteiger charge is 2.49. The van der Waals surface area contributed by atoms with E-state index in [0.29, 0.717) is 10.9 Å². The van der Waals surface area contributed by atoms with E-state index < -0.39 is 6.10 Å². The first-order valence-corrected chi connectivity index (χ1v) is 7.40. The van der Waals surface area contributed by atoms with E-state index in [9.17, 15) is 9.90 Å². The molecule has 1 aromatic rings. The maximum Gasteiger partial charge on any atom is 0.236 e. The normalized spacial score (nSPS) is 22.4. The average Bonchev–Trinajstić information content (AvgIpc) is 2.45. The Balaban J connectivity index is 2.24. The quantitative estimate of drug-likeness (QED) is 0.633. The molecule has 1 N–H and O–H groups in total. The Morgan fingerprint density at radius 2 is 2.14 bits per heavy atom. The molecule has 5 heteroatoms. The number of hydrogen-bond donors (Lipinski definition) is 1. The van der Waals surface area contributed by atoms with E-state index in [4.69, 9.17) is 4.74 Å². The lowest BCUT2D eigenvalue weighted by atomic mass is 9.82. The highest BCUT2D eigenvalue weighted by Crippen LogP contribution is 2.37. The van der Waals surface area contributed by atoms with Gasteiger partial charge in [-0.1, -0.05) is 28.6 Å². The maximum absolute atomic E-state index is 12.2. The van der Waals surface area contributed by atoms with E-state index in [-0.39, 0.29) is 17.9 Å². The van der Waals surface area contributed by atoms with Crippen molar-refractivity contribution in [1.29, 1.82) is 0 Å². The average molecular weight is 352 g/mol. The van der Waals surface area contributed by atoms with Gasteiger partial charge < -0.3 is 14.7 Å². The van der Waals surface area contributed by atoms with Crippen LogP contribution in [0, 0.1) is 5.92 Å². The molecule has 112 valence electrons. The molecule has 3 atom stereocenters. The summed E-state index contributed by atoms with van der Waals surface area (Å²) >= 11 is 3.25. The maximum atomic E-state index is 12.2. The number of amides is 1. The van der Waals surface area contributed by atoms with Crippen LogP contribution < -0.4 is 9.64 Å². The summed E-state index contributed by atoms with van der Waals surface area (Å²) < 4.78 is 5.81. The fraction of sp³-hybridized carbons (Fsp3) is 0.312. The second-order valence-corrected chi connectivity index (χ2v) is 6.07. The molecule has 0 bridgehead atoms. The van der Waals surface area contributed by atoms with E-state index in [1.54, 1.807) is 42.4 Å². The predicted molar refractivity (Wildman–Crippen MR) is 86.6 cm³/mol. The molecule has 1 aliphatic rings. The number of hydrogen-bond acceptors (Lipinski definition) is 3. The second-order valence-electron chi connectivity index (χ2n) is 4.95. The SMILES string of the molecule is C=C[C@@H]1C(=O)N(c2ccc(OC)cc2)[C@@H]1[C@@H](O)CC(=C)Br. The molecule has 1 saturated heterocycles. The summed E-state index contributed by atoms with van der Waals surface area (Å²) in [4.78, 5) is 13.8. The lowest BCUT2D eigenvalue weighted by Gasteiger charge is -2.48. The molecule has 0 aromatic heterocycles. The van der Waals surface area contributed by atoms with Crippen LogP contribution in [0.4, 0.5) is 5.69 Å². The van der Waals surface area contributed by atoms with Gasteiger partial charge in [0.05, 0.1) is 25.2 Å². The monoisotopic (exact) mass is 351 g/mol. The number of aliphatic hydroxyl groups excluding tert-OH is 1. The van der Waals surface area contributed by atoms with E-state index in [2.05, 4.69) is 29.1 Å². The minimum absolute atomic E-state index is 0.0561. The number of β-lactam (4-membered cyclic amide) rings is 1. The second kappa shape index (κ2) is 6.45. The number of carbonyl (C=O) groups is 1. The first kappa shape index (κ1) is 15.8. The Bertz CT molecular complexity index is 555. The Morgan fingerprint density at radius 1 is 1.52 bits per heavy atom. The highest BCUT2D eigenvalue weighted by atomic mass is 79.9. The van der Waals surface area contributed by atoms with Gasteiger partial charge in [0.1, 0.15) is 5.75 Å². The van der Waals surface area contributed by atoms with Crippen LogP contribution in [0.2, 0.25) is 0 Å². The fourth-order valence-corrected chi connectivity index (χ4v) is 2.91. The van der Waals surface area contributed by atoms with E-state index in [1.807, 2.05) is 0 Å². The first-order chi connectivity index (χ1) is 9.99.